The molecule has 7 atom stereocenters. The number of benzene rings is 1. The van der Waals surface area contributed by atoms with Gasteiger partial charge in [0.25, 0.3) is 0 Å². The molecule has 4 heterocycles. The molecule has 1 spiro atoms. The summed E-state index contributed by atoms with van der Waals surface area (Å²) in [5, 5.41) is 12.8. The second-order valence-electron chi connectivity index (χ2n) is 12.8. The maximum absolute atomic E-state index is 14.6. The van der Waals surface area contributed by atoms with Crippen molar-refractivity contribution in [2.24, 2.45) is 11.8 Å². The van der Waals surface area contributed by atoms with Crippen molar-refractivity contribution in [1.82, 2.24) is 20.0 Å². The van der Waals surface area contributed by atoms with Crippen molar-refractivity contribution in [2.45, 2.75) is 54.3 Å². The molecule has 5 rings (SSSR count). The highest BCUT2D eigenvalue weighted by Gasteiger charge is 2.76. The molecule has 4 aliphatic rings. The molecular weight excluding hydrogens is 684 g/mol. The maximum atomic E-state index is 14.6. The number of carbonyl (C=O) groups excluding carboxylic acids is 4. The molecule has 1 aromatic carbocycles. The van der Waals surface area contributed by atoms with Crippen LogP contribution in [-0.2, 0) is 33.4 Å². The second kappa shape index (κ2) is 16.5. The number of morpholine rings is 1. The molecule has 0 aliphatic carbocycles. The number of ether oxygens (including phenoxy) is 3. The molecule has 1 unspecified atom stereocenters. The molecule has 4 fully saturated rings. The number of likely N-dealkylation sites (tertiary alicyclic amines) is 1. The van der Waals surface area contributed by atoms with Gasteiger partial charge >= 0.3 is 5.97 Å². The van der Waals surface area contributed by atoms with Gasteiger partial charge in [-0.05, 0) is 24.8 Å². The zero-order chi connectivity index (χ0) is 34.3. The highest BCUT2D eigenvalue weighted by Crippen LogP contribution is 2.60. The smallest absolute Gasteiger partial charge is 0.306 e. The Labute approximate surface area is 290 Å². The largest absolute Gasteiger partial charge is 0.463 e. The van der Waals surface area contributed by atoms with E-state index in [0.29, 0.717) is 39.1 Å². The number of aliphatic hydroxyl groups is 1. The van der Waals surface area contributed by atoms with E-state index in [2.05, 4.69) is 39.3 Å². The summed E-state index contributed by atoms with van der Waals surface area (Å²) in [5.74, 6) is -3.20. The average Bonchev–Trinajstić information content (AvgIpc) is 3.69. The number of nitrogens with one attached hydrogen (secondary N) is 1. The minimum atomic E-state index is -1.23. The van der Waals surface area contributed by atoms with Crippen LogP contribution < -0.4 is 5.32 Å². The molecule has 48 heavy (non-hydrogen) atoms. The second-order valence-corrected chi connectivity index (χ2v) is 14.0. The van der Waals surface area contributed by atoms with Crippen LogP contribution in [0.15, 0.2) is 55.6 Å². The van der Waals surface area contributed by atoms with Gasteiger partial charge in [0.15, 0.2) is 0 Å². The third-order valence-corrected chi connectivity index (χ3v) is 10.7. The Bertz CT molecular complexity index is 1330. The minimum absolute atomic E-state index is 0.0884. The van der Waals surface area contributed by atoms with Crippen LogP contribution in [0.25, 0.3) is 0 Å². The van der Waals surface area contributed by atoms with Gasteiger partial charge in [0.1, 0.15) is 18.2 Å². The number of esters is 1. The molecule has 0 aromatic heterocycles. The first kappa shape index (κ1) is 36.2. The predicted octanol–water partition coefficient (Wildman–Crippen LogP) is 1.83. The number of aliphatic hydroxyl groups excluding tert-OH is 1. The fourth-order valence-electron chi connectivity index (χ4n) is 7.54. The summed E-state index contributed by atoms with van der Waals surface area (Å²) in [6.07, 6.45) is 3.96. The van der Waals surface area contributed by atoms with E-state index in [-0.39, 0.29) is 55.8 Å². The zero-order valence-electron chi connectivity index (χ0n) is 27.3. The molecule has 13 heteroatoms. The van der Waals surface area contributed by atoms with Gasteiger partial charge in [0.2, 0.25) is 17.7 Å². The van der Waals surface area contributed by atoms with Gasteiger partial charge in [-0.1, -0.05) is 58.4 Å². The SMILES string of the molecule is C=CCCC(=O)OC[C@H](NC(=O)[C@@H]1[C@H]2O[C@@]3(CC2Br)[C@H](C(=O)N(CC=C)CCN2CCOCC2)N(CCCO)C(=O)[C@@H]13)c1ccccc1. The normalized spacial score (nSPS) is 28.5. The number of nitrogens with zero attached hydrogens (tertiary/aromatic N) is 3. The Kier molecular flexibility index (Phi) is 12.5. The highest BCUT2D eigenvalue weighted by atomic mass is 79.9. The minimum Gasteiger partial charge on any atom is -0.463 e. The quantitative estimate of drug-likeness (QED) is 0.140. The van der Waals surface area contributed by atoms with Crippen molar-refractivity contribution in [1.29, 1.82) is 0 Å². The van der Waals surface area contributed by atoms with Crippen LogP contribution >= 0.6 is 15.9 Å². The van der Waals surface area contributed by atoms with Crippen LogP contribution in [-0.4, -0.2) is 132 Å². The first-order valence-electron chi connectivity index (χ1n) is 16.8. The Balaban J connectivity index is 1.40. The number of rotatable bonds is 17. The van der Waals surface area contributed by atoms with E-state index in [4.69, 9.17) is 14.2 Å². The van der Waals surface area contributed by atoms with E-state index in [1.54, 1.807) is 17.1 Å². The van der Waals surface area contributed by atoms with Gasteiger partial charge in [0.05, 0.1) is 37.2 Å². The summed E-state index contributed by atoms with van der Waals surface area (Å²) in [6.45, 7) is 11.6. The maximum Gasteiger partial charge on any atom is 0.306 e. The molecule has 12 nitrogen and oxygen atoms in total. The number of hydrogen-bond donors (Lipinski definition) is 2. The Morgan fingerprint density at radius 1 is 1.17 bits per heavy atom. The van der Waals surface area contributed by atoms with Gasteiger partial charge in [-0.15, -0.1) is 13.2 Å². The summed E-state index contributed by atoms with van der Waals surface area (Å²) in [5.41, 5.74) is -0.491. The van der Waals surface area contributed by atoms with E-state index in [1.807, 2.05) is 30.3 Å². The number of amides is 3. The predicted molar refractivity (Wildman–Crippen MR) is 181 cm³/mol. The van der Waals surface area contributed by atoms with Crippen molar-refractivity contribution in [3.8, 4) is 0 Å². The van der Waals surface area contributed by atoms with Gasteiger partial charge in [-0.25, -0.2) is 0 Å². The highest BCUT2D eigenvalue weighted by molar-refractivity contribution is 9.09. The molecule has 2 N–H and O–H groups in total. The van der Waals surface area contributed by atoms with Crippen molar-refractivity contribution < 1.29 is 38.5 Å². The number of hydrogen-bond acceptors (Lipinski definition) is 9. The molecule has 262 valence electrons. The fourth-order valence-corrected chi connectivity index (χ4v) is 8.48. The van der Waals surface area contributed by atoms with Crippen LogP contribution in [0, 0.1) is 11.8 Å². The van der Waals surface area contributed by atoms with E-state index in [1.165, 1.54) is 4.90 Å². The Morgan fingerprint density at radius 3 is 2.60 bits per heavy atom. The molecule has 4 saturated heterocycles. The Morgan fingerprint density at radius 2 is 1.92 bits per heavy atom. The van der Waals surface area contributed by atoms with Crippen LogP contribution in [0.5, 0.6) is 0 Å². The van der Waals surface area contributed by atoms with Crippen LogP contribution in [0.1, 0.15) is 37.3 Å². The summed E-state index contributed by atoms with van der Waals surface area (Å²) in [7, 11) is 0. The molecular formula is C35H47BrN4O8. The molecule has 0 saturated carbocycles. The lowest BCUT2D eigenvalue weighted by Crippen LogP contribution is -2.58. The molecule has 3 amide bonds. The number of halogens is 1. The van der Waals surface area contributed by atoms with Crippen molar-refractivity contribution >= 4 is 39.6 Å². The molecule has 1 aromatic rings. The van der Waals surface area contributed by atoms with Crippen LogP contribution in [0.3, 0.4) is 0 Å². The first-order valence-corrected chi connectivity index (χ1v) is 17.7. The fraction of sp³-hybridized carbons (Fsp3) is 0.600. The number of carbonyl (C=O) groups is 4. The standard InChI is InChI=1S/C35H47BrN4O8/c1-3-5-12-27(42)47-23-26(24-10-7-6-8-11-24)37-32(43)28-29-33(44)40(14-9-19-41)31(35(29)22-25(36)30(28)48-35)34(45)39(13-4-2)16-15-38-17-20-46-21-18-38/h3-4,6-8,10-11,25-26,28-31,41H,1-2,5,9,12-23H2,(H,37,43)/t25?,26-,28-,29+,30-,31-,35+/m0/s1. The zero-order valence-corrected chi connectivity index (χ0v) is 28.9. The summed E-state index contributed by atoms with van der Waals surface area (Å²) < 4.78 is 17.7. The monoisotopic (exact) mass is 730 g/mol. The summed E-state index contributed by atoms with van der Waals surface area (Å²) in [6, 6.07) is 7.57. The molecule has 0 radical (unpaired) electrons. The van der Waals surface area contributed by atoms with Gasteiger partial charge < -0.3 is 34.4 Å². The third kappa shape index (κ3) is 7.55. The van der Waals surface area contributed by atoms with E-state index < -0.39 is 47.5 Å². The van der Waals surface area contributed by atoms with Gasteiger partial charge in [-0.3, -0.25) is 24.1 Å². The number of fused-ring (bicyclic) bond motifs is 1. The average molecular weight is 732 g/mol. The van der Waals surface area contributed by atoms with E-state index >= 15 is 0 Å². The third-order valence-electron chi connectivity index (χ3n) is 9.82. The van der Waals surface area contributed by atoms with Crippen molar-refractivity contribution in [3.05, 3.63) is 61.2 Å². The number of allylic oxidation sites excluding steroid dienone is 1. The van der Waals surface area contributed by atoms with Crippen molar-refractivity contribution in [2.75, 3.05) is 65.7 Å². The van der Waals surface area contributed by atoms with Crippen molar-refractivity contribution in [3.63, 3.8) is 0 Å². The Hall–Kier alpha value is -3.10. The lowest BCUT2D eigenvalue weighted by molar-refractivity contribution is -0.148. The van der Waals surface area contributed by atoms with E-state index in [0.717, 1.165) is 18.7 Å². The topological polar surface area (TPSA) is 138 Å². The summed E-state index contributed by atoms with van der Waals surface area (Å²) in [4.78, 5) is 60.7. The van der Waals surface area contributed by atoms with Crippen LogP contribution in [0.2, 0.25) is 0 Å². The lowest BCUT2D eigenvalue weighted by atomic mass is 9.70. The molecule has 4 aliphatic heterocycles. The lowest BCUT2D eigenvalue weighted by Gasteiger charge is -2.38. The van der Waals surface area contributed by atoms with Gasteiger partial charge in [0, 0.05) is 57.1 Å². The van der Waals surface area contributed by atoms with Crippen LogP contribution in [0.4, 0.5) is 0 Å². The number of alkyl halides is 1. The molecule has 2 bridgehead atoms. The van der Waals surface area contributed by atoms with Gasteiger partial charge in [-0.2, -0.15) is 0 Å². The summed E-state index contributed by atoms with van der Waals surface area (Å²) >= 11 is 3.73. The first-order chi connectivity index (χ1) is 23.2. The van der Waals surface area contributed by atoms with E-state index in [9.17, 15) is 24.3 Å².